The third-order valence-electron chi connectivity index (χ3n) is 6.50. The van der Waals surface area contributed by atoms with Gasteiger partial charge in [0.15, 0.2) is 11.2 Å². The minimum atomic E-state index is -0.0921. The highest BCUT2D eigenvalue weighted by atomic mass is 16.1. The van der Waals surface area contributed by atoms with E-state index >= 15 is 0 Å². The monoisotopic (exact) mass is 436 g/mol. The smallest absolute Gasteiger partial charge is 0.281 e. The second-order valence-corrected chi connectivity index (χ2v) is 8.96. The molecule has 0 radical (unpaired) electrons. The molecule has 9 nitrogen and oxygen atoms in total. The van der Waals surface area contributed by atoms with Gasteiger partial charge >= 0.3 is 0 Å². The number of rotatable bonds is 5. The Morgan fingerprint density at radius 1 is 1.06 bits per heavy atom. The summed E-state index contributed by atoms with van der Waals surface area (Å²) in [7, 11) is 1.78. The molecule has 0 saturated carbocycles. The van der Waals surface area contributed by atoms with Gasteiger partial charge < -0.3 is 10.6 Å². The van der Waals surface area contributed by atoms with E-state index in [9.17, 15) is 4.79 Å². The molecule has 2 saturated heterocycles. The second-order valence-electron chi connectivity index (χ2n) is 8.96. The van der Waals surface area contributed by atoms with Crippen molar-refractivity contribution in [3.63, 3.8) is 0 Å². The number of fused-ring (bicyclic) bond motifs is 1. The average molecular weight is 437 g/mol. The van der Waals surface area contributed by atoms with Crippen LogP contribution in [0.4, 0.5) is 11.9 Å². The molecule has 4 heterocycles. The zero-order chi connectivity index (χ0) is 22.1. The van der Waals surface area contributed by atoms with E-state index in [4.69, 9.17) is 15.7 Å². The van der Waals surface area contributed by atoms with Crippen LogP contribution in [0.5, 0.6) is 0 Å². The van der Waals surface area contributed by atoms with E-state index in [0.717, 1.165) is 63.4 Å². The van der Waals surface area contributed by atoms with E-state index in [-0.39, 0.29) is 11.6 Å². The van der Waals surface area contributed by atoms with Crippen molar-refractivity contribution in [2.24, 2.45) is 12.8 Å². The lowest BCUT2D eigenvalue weighted by atomic mass is 10.1. The summed E-state index contributed by atoms with van der Waals surface area (Å²) in [5, 5.41) is 2.14. The first-order valence-electron chi connectivity index (χ1n) is 11.6. The maximum Gasteiger partial charge on any atom is 0.281 e. The van der Waals surface area contributed by atoms with E-state index in [1.807, 2.05) is 22.8 Å². The van der Waals surface area contributed by atoms with Gasteiger partial charge in [0.25, 0.3) is 5.56 Å². The van der Waals surface area contributed by atoms with Crippen LogP contribution in [-0.2, 0) is 13.6 Å². The largest absolute Gasteiger partial charge is 0.341 e. The molecule has 2 aliphatic heterocycles. The normalized spacial score (nSPS) is 20.1. The zero-order valence-corrected chi connectivity index (χ0v) is 18.7. The maximum absolute atomic E-state index is 13.5. The lowest BCUT2D eigenvalue weighted by molar-refractivity contribution is 0.269. The Morgan fingerprint density at radius 3 is 2.59 bits per heavy atom. The molecule has 0 aliphatic carbocycles. The summed E-state index contributed by atoms with van der Waals surface area (Å²) in [5.74, 6) is 1.31. The van der Waals surface area contributed by atoms with Gasteiger partial charge in [-0.1, -0.05) is 36.8 Å². The number of nitrogens with zero attached hydrogens (tertiary/aromatic N) is 6. The zero-order valence-electron chi connectivity index (χ0n) is 18.7. The van der Waals surface area contributed by atoms with Crippen LogP contribution in [0.2, 0.25) is 0 Å². The molecule has 1 aromatic carbocycles. The van der Waals surface area contributed by atoms with E-state index < -0.39 is 0 Å². The number of hydrogen-bond acceptors (Lipinski definition) is 7. The fourth-order valence-electron chi connectivity index (χ4n) is 4.74. The molecule has 0 spiro atoms. The van der Waals surface area contributed by atoms with Crippen molar-refractivity contribution in [2.45, 2.75) is 44.7 Å². The van der Waals surface area contributed by atoms with Crippen molar-refractivity contribution in [1.29, 1.82) is 0 Å². The standard InChI is InChI=1S/C23H32N8O/c1-28-21(32)19-20(25-22(28)27-30-13-6-3-7-14-30)26-23(29-12-8-11-18(24)16-29)31(19)15-17-9-4-2-5-10-17/h2,4-5,9-10,18H,3,6-8,11-16,24H2,1H3,(H,25,27). The predicted molar refractivity (Wildman–Crippen MR) is 127 cm³/mol. The number of imidazole rings is 1. The first-order valence-corrected chi connectivity index (χ1v) is 11.6. The average Bonchev–Trinajstić information content (AvgIpc) is 3.17. The van der Waals surface area contributed by atoms with Crippen LogP contribution in [0.15, 0.2) is 35.1 Å². The molecule has 9 heteroatoms. The van der Waals surface area contributed by atoms with E-state index in [2.05, 4.69) is 27.5 Å². The summed E-state index contributed by atoms with van der Waals surface area (Å²) < 4.78 is 3.62. The molecule has 3 aromatic rings. The number of benzene rings is 1. The Morgan fingerprint density at radius 2 is 1.84 bits per heavy atom. The van der Waals surface area contributed by atoms with Gasteiger partial charge in [-0.2, -0.15) is 9.97 Å². The van der Waals surface area contributed by atoms with Crippen molar-refractivity contribution in [3.05, 3.63) is 46.2 Å². The Balaban J connectivity index is 1.59. The third kappa shape index (κ3) is 4.10. The van der Waals surface area contributed by atoms with Gasteiger partial charge in [-0.3, -0.25) is 19.4 Å². The van der Waals surface area contributed by atoms with Crippen molar-refractivity contribution in [2.75, 3.05) is 36.5 Å². The van der Waals surface area contributed by atoms with Crippen molar-refractivity contribution < 1.29 is 0 Å². The molecular weight excluding hydrogens is 404 g/mol. The lowest BCUT2D eigenvalue weighted by Crippen LogP contribution is -2.44. The number of hydrazine groups is 1. The third-order valence-corrected chi connectivity index (χ3v) is 6.50. The number of anilines is 2. The van der Waals surface area contributed by atoms with Crippen LogP contribution < -0.4 is 21.6 Å². The van der Waals surface area contributed by atoms with Gasteiger partial charge in [-0.25, -0.2) is 5.01 Å². The van der Waals surface area contributed by atoms with Crippen molar-refractivity contribution in [3.8, 4) is 0 Å². The summed E-state index contributed by atoms with van der Waals surface area (Å²) in [5.41, 5.74) is 11.7. The Hall–Kier alpha value is -2.91. The molecule has 2 aromatic heterocycles. The number of aromatic nitrogens is 4. The molecular formula is C23H32N8O. The number of hydrogen-bond donors (Lipinski definition) is 2. The van der Waals surface area contributed by atoms with Crippen LogP contribution in [0.25, 0.3) is 11.2 Å². The highest BCUT2D eigenvalue weighted by Gasteiger charge is 2.26. The number of nitrogens with one attached hydrogen (secondary N) is 1. The van der Waals surface area contributed by atoms with Gasteiger partial charge in [0.05, 0.1) is 6.54 Å². The summed E-state index contributed by atoms with van der Waals surface area (Å²) in [6, 6.07) is 10.3. The lowest BCUT2D eigenvalue weighted by Gasteiger charge is -2.31. The van der Waals surface area contributed by atoms with Crippen LogP contribution in [0.3, 0.4) is 0 Å². The molecule has 1 unspecified atom stereocenters. The van der Waals surface area contributed by atoms with E-state index in [1.54, 1.807) is 11.6 Å². The minimum absolute atomic E-state index is 0.0921. The van der Waals surface area contributed by atoms with Crippen LogP contribution >= 0.6 is 0 Å². The Bertz CT molecular complexity index is 1130. The van der Waals surface area contributed by atoms with Gasteiger partial charge in [-0.15, -0.1) is 0 Å². The number of piperidine rings is 2. The van der Waals surface area contributed by atoms with Crippen LogP contribution in [0.1, 0.15) is 37.7 Å². The van der Waals surface area contributed by atoms with Crippen molar-refractivity contribution >= 4 is 23.1 Å². The summed E-state index contributed by atoms with van der Waals surface area (Å²) in [6.45, 7) is 4.08. The first-order chi connectivity index (χ1) is 15.6. The summed E-state index contributed by atoms with van der Waals surface area (Å²) >= 11 is 0. The molecule has 1 atom stereocenters. The molecule has 3 N–H and O–H groups in total. The molecule has 170 valence electrons. The highest BCUT2D eigenvalue weighted by Crippen LogP contribution is 2.25. The highest BCUT2D eigenvalue weighted by molar-refractivity contribution is 5.75. The first kappa shape index (κ1) is 21.0. The predicted octanol–water partition coefficient (Wildman–Crippen LogP) is 1.92. The van der Waals surface area contributed by atoms with Crippen molar-refractivity contribution in [1.82, 2.24) is 24.1 Å². The molecule has 2 aliphatic rings. The van der Waals surface area contributed by atoms with Crippen LogP contribution in [0, 0.1) is 0 Å². The number of nitrogens with two attached hydrogens (primary N) is 1. The molecule has 5 rings (SSSR count). The SMILES string of the molecule is Cn1c(NN2CCCCC2)nc2nc(N3CCCC(N)C3)n(Cc3ccccc3)c2c1=O. The minimum Gasteiger partial charge on any atom is -0.341 e. The van der Waals surface area contributed by atoms with E-state index in [1.165, 1.54) is 6.42 Å². The molecule has 32 heavy (non-hydrogen) atoms. The van der Waals surface area contributed by atoms with Gasteiger partial charge in [0, 0.05) is 39.3 Å². The quantitative estimate of drug-likeness (QED) is 0.631. The van der Waals surface area contributed by atoms with Gasteiger partial charge in [0.1, 0.15) is 0 Å². The fraction of sp³-hybridized carbons (Fsp3) is 0.522. The fourth-order valence-corrected chi connectivity index (χ4v) is 4.74. The Labute approximate surface area is 187 Å². The topological polar surface area (TPSA) is 97.2 Å². The molecule has 0 bridgehead atoms. The molecule has 0 amide bonds. The summed E-state index contributed by atoms with van der Waals surface area (Å²) in [6.07, 6.45) is 5.57. The van der Waals surface area contributed by atoms with E-state index in [0.29, 0.717) is 23.7 Å². The summed E-state index contributed by atoms with van der Waals surface area (Å²) in [4.78, 5) is 25.4. The second kappa shape index (κ2) is 8.91. The van der Waals surface area contributed by atoms with Gasteiger partial charge in [-0.05, 0) is 31.2 Å². The molecule has 2 fully saturated rings. The van der Waals surface area contributed by atoms with Gasteiger partial charge in [0.2, 0.25) is 11.9 Å². The van der Waals surface area contributed by atoms with Crippen LogP contribution in [-0.4, -0.2) is 56.3 Å². The Kier molecular flexibility index (Phi) is 5.84. The maximum atomic E-state index is 13.5.